The lowest BCUT2D eigenvalue weighted by Gasteiger charge is -2.58. The molecule has 8 atom stereocenters. The van der Waals surface area contributed by atoms with Crippen LogP contribution in [-0.4, -0.2) is 17.3 Å². The molecular weight excluding hydrogens is 296 g/mol. The van der Waals surface area contributed by atoms with Crippen LogP contribution in [0.25, 0.3) is 0 Å². The molecule has 0 radical (unpaired) electrons. The highest BCUT2D eigenvalue weighted by Crippen LogP contribution is 2.66. The molecule has 24 heavy (non-hydrogen) atoms. The van der Waals surface area contributed by atoms with Crippen LogP contribution in [-0.2, 0) is 0 Å². The van der Waals surface area contributed by atoms with E-state index in [-0.39, 0.29) is 12.1 Å². The highest BCUT2D eigenvalue weighted by molar-refractivity contribution is 5.25. The summed E-state index contributed by atoms with van der Waals surface area (Å²) in [5, 5.41) is 14.0. The molecule has 4 rings (SSSR count). The number of nitrogens with zero attached hydrogens (tertiary/aromatic N) is 1. The van der Waals surface area contributed by atoms with Crippen LogP contribution in [0.4, 0.5) is 0 Å². The zero-order valence-electron chi connectivity index (χ0n) is 15.6. The minimum atomic E-state index is -0.106. The molecule has 3 saturated carbocycles. The van der Waals surface area contributed by atoms with Crippen LogP contribution in [0.1, 0.15) is 72.1 Å². The lowest BCUT2D eigenvalue weighted by molar-refractivity contribution is -0.0522. The highest BCUT2D eigenvalue weighted by Gasteiger charge is 2.59. The van der Waals surface area contributed by atoms with Crippen molar-refractivity contribution < 1.29 is 5.11 Å². The van der Waals surface area contributed by atoms with E-state index >= 15 is 0 Å². The van der Waals surface area contributed by atoms with Crippen LogP contribution in [0.2, 0.25) is 0 Å². The third-order valence-corrected chi connectivity index (χ3v) is 8.94. The van der Waals surface area contributed by atoms with Crippen molar-refractivity contribution in [2.24, 2.45) is 39.6 Å². The first-order valence-electron chi connectivity index (χ1n) is 10.1. The fourth-order valence-corrected chi connectivity index (χ4v) is 7.56. The van der Waals surface area contributed by atoms with Gasteiger partial charge in [0.2, 0.25) is 0 Å². The second-order valence-corrected chi connectivity index (χ2v) is 9.75. The zero-order valence-corrected chi connectivity index (χ0v) is 15.6. The number of aliphatic hydroxyl groups is 1. The van der Waals surface area contributed by atoms with Gasteiger partial charge in [0.25, 0.3) is 0 Å². The summed E-state index contributed by atoms with van der Waals surface area (Å²) >= 11 is 0. The van der Waals surface area contributed by atoms with Gasteiger partial charge in [-0.3, -0.25) is 0 Å². The second-order valence-electron chi connectivity index (χ2n) is 9.75. The van der Waals surface area contributed by atoms with Crippen molar-refractivity contribution in [3.63, 3.8) is 0 Å². The van der Waals surface area contributed by atoms with Crippen LogP contribution in [0.15, 0.2) is 16.8 Å². The largest absolute Gasteiger partial charge is 0.393 e. The number of hydrogen-bond donors (Lipinski definition) is 2. The molecule has 0 heterocycles. The maximum atomic E-state index is 10.1. The Balaban J connectivity index is 1.64. The van der Waals surface area contributed by atoms with Gasteiger partial charge in [-0.1, -0.05) is 25.5 Å². The number of rotatable bonds is 2. The monoisotopic (exact) mass is 330 g/mol. The van der Waals surface area contributed by atoms with Crippen molar-refractivity contribution in [2.45, 2.75) is 84.3 Å². The molecule has 134 valence electrons. The van der Waals surface area contributed by atoms with E-state index in [1.165, 1.54) is 38.5 Å². The third-order valence-electron chi connectivity index (χ3n) is 8.94. The van der Waals surface area contributed by atoms with Gasteiger partial charge >= 0.3 is 0 Å². The van der Waals surface area contributed by atoms with Crippen LogP contribution in [0.3, 0.4) is 0 Å². The SMILES string of the molecule is CC(N=N)[C@H]1CC[C@H]2[C@@H]3CC=C4C[C@@H](O)CC[C@]4(C)[C@H]3CC[C@]12C. The van der Waals surface area contributed by atoms with Gasteiger partial charge in [-0.25, -0.2) is 5.53 Å². The molecule has 0 bridgehead atoms. The van der Waals surface area contributed by atoms with Crippen molar-refractivity contribution >= 4 is 0 Å². The van der Waals surface area contributed by atoms with Gasteiger partial charge in [0, 0.05) is 0 Å². The van der Waals surface area contributed by atoms with Crippen molar-refractivity contribution in [3.05, 3.63) is 11.6 Å². The molecule has 0 saturated heterocycles. The second kappa shape index (κ2) is 5.65. The summed E-state index contributed by atoms with van der Waals surface area (Å²) in [6.07, 6.45) is 12.0. The number of hydrogen-bond acceptors (Lipinski definition) is 3. The zero-order chi connectivity index (χ0) is 17.1. The predicted molar refractivity (Wildman–Crippen MR) is 95.8 cm³/mol. The number of nitrogens with one attached hydrogen (secondary N) is 1. The van der Waals surface area contributed by atoms with E-state index in [1.54, 1.807) is 5.57 Å². The minimum absolute atomic E-state index is 0.106. The normalized spacial score (nSPS) is 51.8. The highest BCUT2D eigenvalue weighted by atomic mass is 16.3. The Labute approximate surface area is 146 Å². The van der Waals surface area contributed by atoms with Gasteiger partial charge in [-0.2, -0.15) is 5.11 Å². The Morgan fingerprint density at radius 2 is 1.96 bits per heavy atom. The molecular formula is C21H34N2O. The quantitative estimate of drug-likeness (QED) is 0.520. The van der Waals surface area contributed by atoms with Gasteiger partial charge in [0.15, 0.2) is 0 Å². The lowest BCUT2D eigenvalue weighted by Crippen LogP contribution is -2.51. The fraction of sp³-hybridized carbons (Fsp3) is 0.905. The first-order valence-corrected chi connectivity index (χ1v) is 10.1. The molecule has 0 amide bonds. The fourth-order valence-electron chi connectivity index (χ4n) is 7.56. The van der Waals surface area contributed by atoms with Crippen molar-refractivity contribution in [1.82, 2.24) is 0 Å². The summed E-state index contributed by atoms with van der Waals surface area (Å²) in [6, 6.07) is 0.187. The summed E-state index contributed by atoms with van der Waals surface area (Å²) in [5.74, 6) is 3.04. The molecule has 3 nitrogen and oxygen atoms in total. The van der Waals surface area contributed by atoms with Crippen LogP contribution in [0.5, 0.6) is 0 Å². The summed E-state index contributed by atoms with van der Waals surface area (Å²) in [5.41, 5.74) is 9.81. The molecule has 3 fully saturated rings. The molecule has 0 spiro atoms. The van der Waals surface area contributed by atoms with E-state index in [4.69, 9.17) is 5.53 Å². The van der Waals surface area contributed by atoms with Gasteiger partial charge in [-0.05, 0) is 92.8 Å². The number of fused-ring (bicyclic) bond motifs is 5. The average Bonchev–Trinajstić information content (AvgIpc) is 2.92. The Kier molecular flexibility index (Phi) is 3.95. The van der Waals surface area contributed by atoms with Crippen molar-refractivity contribution in [3.8, 4) is 0 Å². The lowest BCUT2D eigenvalue weighted by atomic mass is 9.47. The summed E-state index contributed by atoms with van der Waals surface area (Å²) in [6.45, 7) is 7.16. The van der Waals surface area contributed by atoms with Crippen molar-refractivity contribution in [2.75, 3.05) is 0 Å². The third kappa shape index (κ3) is 2.19. The van der Waals surface area contributed by atoms with Gasteiger partial charge in [0.1, 0.15) is 0 Å². The molecule has 4 aliphatic rings. The van der Waals surface area contributed by atoms with E-state index in [2.05, 4.69) is 32.0 Å². The smallest absolute Gasteiger partial charge is 0.0711 e. The Hall–Kier alpha value is -0.700. The molecule has 1 unspecified atom stereocenters. The maximum absolute atomic E-state index is 10.1. The molecule has 0 aliphatic heterocycles. The predicted octanol–water partition coefficient (Wildman–Crippen LogP) is 5.35. The summed E-state index contributed by atoms with van der Waals surface area (Å²) < 4.78 is 0. The maximum Gasteiger partial charge on any atom is 0.0711 e. The molecule has 0 aromatic carbocycles. The summed E-state index contributed by atoms with van der Waals surface area (Å²) in [7, 11) is 0. The van der Waals surface area contributed by atoms with Crippen LogP contribution >= 0.6 is 0 Å². The molecule has 0 aromatic heterocycles. The standard InChI is InChI=1S/C21H34N2O/c1-13(23-22)17-6-7-18-16-5-4-14-12-15(24)8-10-20(14,2)19(16)9-11-21(17,18)3/h4,13,15-19,22,24H,5-12H2,1-3H3/t13?,15-,16-,17+,18-,19-,20-,21+/m0/s1. The topological polar surface area (TPSA) is 56.4 Å². The van der Waals surface area contributed by atoms with E-state index in [1.807, 2.05) is 0 Å². The van der Waals surface area contributed by atoms with Gasteiger partial charge < -0.3 is 5.11 Å². The Bertz CT molecular complexity index is 558. The van der Waals surface area contributed by atoms with Crippen LogP contribution in [0, 0.1) is 40.0 Å². The molecule has 0 aromatic rings. The van der Waals surface area contributed by atoms with Gasteiger partial charge in [-0.15, -0.1) is 0 Å². The number of aliphatic hydroxyl groups excluding tert-OH is 1. The Morgan fingerprint density at radius 3 is 2.71 bits per heavy atom. The molecule has 4 aliphatic carbocycles. The minimum Gasteiger partial charge on any atom is -0.393 e. The number of allylic oxidation sites excluding steroid dienone is 1. The summed E-state index contributed by atoms with van der Waals surface area (Å²) in [4.78, 5) is 0. The van der Waals surface area contributed by atoms with Crippen LogP contribution < -0.4 is 0 Å². The first-order chi connectivity index (χ1) is 11.4. The van der Waals surface area contributed by atoms with E-state index < -0.39 is 0 Å². The average molecular weight is 331 g/mol. The van der Waals surface area contributed by atoms with E-state index in [0.717, 1.165) is 30.6 Å². The van der Waals surface area contributed by atoms with E-state index in [9.17, 15) is 5.11 Å². The van der Waals surface area contributed by atoms with E-state index in [0.29, 0.717) is 16.7 Å². The van der Waals surface area contributed by atoms with Gasteiger partial charge in [0.05, 0.1) is 12.1 Å². The molecule has 3 heteroatoms. The Morgan fingerprint density at radius 1 is 1.17 bits per heavy atom. The first kappa shape index (κ1) is 16.8. The molecule has 2 N–H and O–H groups in total. The van der Waals surface area contributed by atoms with Crippen molar-refractivity contribution in [1.29, 1.82) is 5.53 Å².